The number of hydroxylamine groups is 1. The van der Waals surface area contributed by atoms with E-state index in [2.05, 4.69) is 5.48 Å². The first-order valence-electron chi connectivity index (χ1n) is 3.49. The lowest BCUT2D eigenvalue weighted by Gasteiger charge is -1.92. The molecule has 0 spiro atoms. The molecule has 0 aromatic rings. The molecule has 0 aromatic heterocycles. The topological polar surface area (TPSA) is 38.3 Å². The Balaban J connectivity index is 2.02. The maximum absolute atomic E-state index is 11.2. The van der Waals surface area contributed by atoms with Crippen molar-refractivity contribution >= 4 is 5.78 Å². The molecule has 0 atom stereocenters. The Bertz CT molecular complexity index is 194. The molecule has 2 aliphatic rings. The number of ketones is 1. The van der Waals surface area contributed by atoms with Gasteiger partial charge in [-0.1, -0.05) is 0 Å². The van der Waals surface area contributed by atoms with Crippen molar-refractivity contribution in [2.24, 2.45) is 5.92 Å². The summed E-state index contributed by atoms with van der Waals surface area (Å²) in [7, 11) is 0. The summed E-state index contributed by atoms with van der Waals surface area (Å²) in [5.41, 5.74) is 3.42. The van der Waals surface area contributed by atoms with Crippen LogP contribution in [0, 0.1) is 5.92 Å². The van der Waals surface area contributed by atoms with Crippen molar-refractivity contribution in [3.05, 3.63) is 11.8 Å². The monoisotopic (exact) mass is 139 g/mol. The molecule has 0 unspecified atom stereocenters. The van der Waals surface area contributed by atoms with Crippen LogP contribution >= 0.6 is 0 Å². The van der Waals surface area contributed by atoms with E-state index in [1.807, 2.05) is 0 Å². The van der Waals surface area contributed by atoms with Crippen LogP contribution in [-0.4, -0.2) is 12.3 Å². The van der Waals surface area contributed by atoms with Gasteiger partial charge in [0.1, 0.15) is 6.26 Å². The third-order valence-corrected chi connectivity index (χ3v) is 1.81. The Kier molecular flexibility index (Phi) is 1.24. The van der Waals surface area contributed by atoms with E-state index >= 15 is 0 Å². The van der Waals surface area contributed by atoms with Crippen molar-refractivity contribution < 1.29 is 9.63 Å². The van der Waals surface area contributed by atoms with E-state index in [9.17, 15) is 4.79 Å². The molecular formula is C7H9NO2. The number of nitrogens with one attached hydrogen (secondary N) is 1. The Morgan fingerprint density at radius 1 is 1.70 bits per heavy atom. The second kappa shape index (κ2) is 2.09. The molecule has 54 valence electrons. The summed E-state index contributed by atoms with van der Waals surface area (Å²) in [5.74, 6) is 0.583. The molecule has 0 bridgehead atoms. The van der Waals surface area contributed by atoms with Crippen LogP contribution in [-0.2, 0) is 9.63 Å². The highest BCUT2D eigenvalue weighted by Gasteiger charge is 2.32. The third kappa shape index (κ3) is 0.926. The predicted molar refractivity (Wildman–Crippen MR) is 34.9 cm³/mol. The van der Waals surface area contributed by atoms with Gasteiger partial charge < -0.3 is 4.84 Å². The molecule has 2 rings (SSSR count). The fourth-order valence-corrected chi connectivity index (χ4v) is 1.03. The Morgan fingerprint density at radius 3 is 3.00 bits per heavy atom. The van der Waals surface area contributed by atoms with Gasteiger partial charge in [-0.2, -0.15) is 5.48 Å². The Morgan fingerprint density at radius 2 is 2.50 bits per heavy atom. The molecule has 1 saturated carbocycles. The summed E-state index contributed by atoms with van der Waals surface area (Å²) in [6.45, 7) is 0.579. The lowest BCUT2D eigenvalue weighted by Crippen LogP contribution is -2.12. The summed E-state index contributed by atoms with van der Waals surface area (Å²) in [6, 6.07) is 0. The SMILES string of the molecule is O=C(C1=CONC1)C1CC1. The smallest absolute Gasteiger partial charge is 0.166 e. The van der Waals surface area contributed by atoms with Gasteiger partial charge in [0, 0.05) is 11.5 Å². The fraction of sp³-hybridized carbons (Fsp3) is 0.571. The lowest BCUT2D eigenvalue weighted by atomic mass is 10.1. The minimum absolute atomic E-state index is 0.269. The van der Waals surface area contributed by atoms with Crippen molar-refractivity contribution in [1.82, 2.24) is 5.48 Å². The van der Waals surface area contributed by atoms with Crippen LogP contribution in [0.4, 0.5) is 0 Å². The number of carbonyl (C=O) groups excluding carboxylic acids is 1. The van der Waals surface area contributed by atoms with E-state index in [4.69, 9.17) is 4.84 Å². The van der Waals surface area contributed by atoms with Crippen LogP contribution in [0.25, 0.3) is 0 Å². The van der Waals surface area contributed by atoms with E-state index < -0.39 is 0 Å². The summed E-state index contributed by atoms with van der Waals surface area (Å²) < 4.78 is 0. The highest BCUT2D eigenvalue weighted by molar-refractivity contribution is 5.98. The van der Waals surface area contributed by atoms with Gasteiger partial charge in [0.2, 0.25) is 0 Å². The molecule has 1 heterocycles. The quantitative estimate of drug-likeness (QED) is 0.601. The predicted octanol–water partition coefficient (Wildman–Crippen LogP) is 0.384. The molecule has 0 aromatic carbocycles. The number of Topliss-reactive ketones (excluding diaryl/α,β-unsaturated/α-hetero) is 1. The van der Waals surface area contributed by atoms with E-state index in [0.717, 1.165) is 18.4 Å². The lowest BCUT2D eigenvalue weighted by molar-refractivity contribution is -0.116. The molecule has 3 nitrogen and oxygen atoms in total. The first-order valence-corrected chi connectivity index (χ1v) is 3.49. The zero-order valence-corrected chi connectivity index (χ0v) is 5.59. The molecule has 1 N–H and O–H groups in total. The number of rotatable bonds is 2. The number of carbonyl (C=O) groups is 1. The van der Waals surface area contributed by atoms with Crippen LogP contribution in [0.5, 0.6) is 0 Å². The second-order valence-corrected chi connectivity index (χ2v) is 2.72. The summed E-state index contributed by atoms with van der Waals surface area (Å²) in [4.78, 5) is 15.9. The zero-order chi connectivity index (χ0) is 6.97. The molecule has 1 aliphatic carbocycles. The van der Waals surface area contributed by atoms with Crippen molar-refractivity contribution in [1.29, 1.82) is 0 Å². The van der Waals surface area contributed by atoms with Crippen molar-refractivity contribution in [2.75, 3.05) is 6.54 Å². The van der Waals surface area contributed by atoms with Crippen LogP contribution < -0.4 is 5.48 Å². The van der Waals surface area contributed by atoms with Gasteiger partial charge in [-0.05, 0) is 12.8 Å². The van der Waals surface area contributed by atoms with Crippen LogP contribution in [0.1, 0.15) is 12.8 Å². The summed E-state index contributed by atoms with van der Waals surface area (Å²) in [6.07, 6.45) is 3.65. The van der Waals surface area contributed by atoms with Crippen molar-refractivity contribution in [3.63, 3.8) is 0 Å². The maximum atomic E-state index is 11.2. The van der Waals surface area contributed by atoms with Crippen molar-refractivity contribution in [3.8, 4) is 0 Å². The molecule has 0 amide bonds. The molecule has 1 fully saturated rings. The number of hydrogen-bond donors (Lipinski definition) is 1. The molecule has 0 saturated heterocycles. The van der Waals surface area contributed by atoms with E-state index in [1.54, 1.807) is 0 Å². The van der Waals surface area contributed by atoms with Crippen LogP contribution in [0.2, 0.25) is 0 Å². The molecule has 3 heteroatoms. The zero-order valence-electron chi connectivity index (χ0n) is 5.59. The van der Waals surface area contributed by atoms with E-state index in [0.29, 0.717) is 12.5 Å². The Labute approximate surface area is 59.0 Å². The van der Waals surface area contributed by atoms with Gasteiger partial charge in [-0.25, -0.2) is 0 Å². The highest BCUT2D eigenvalue weighted by Crippen LogP contribution is 2.32. The first-order chi connectivity index (χ1) is 4.88. The molecular weight excluding hydrogens is 130 g/mol. The van der Waals surface area contributed by atoms with Gasteiger partial charge in [0.05, 0.1) is 6.54 Å². The van der Waals surface area contributed by atoms with E-state index in [1.165, 1.54) is 6.26 Å². The number of hydrogen-bond acceptors (Lipinski definition) is 3. The summed E-state index contributed by atoms with van der Waals surface area (Å²) in [5, 5.41) is 0. The largest absolute Gasteiger partial charge is 0.416 e. The molecule has 1 aliphatic heterocycles. The van der Waals surface area contributed by atoms with Crippen LogP contribution in [0.3, 0.4) is 0 Å². The van der Waals surface area contributed by atoms with Gasteiger partial charge in [-0.3, -0.25) is 4.79 Å². The average molecular weight is 139 g/mol. The second-order valence-electron chi connectivity index (χ2n) is 2.72. The van der Waals surface area contributed by atoms with Gasteiger partial charge in [0.25, 0.3) is 0 Å². The standard InChI is InChI=1S/C7H9NO2/c9-7(5-1-2-5)6-3-8-10-4-6/h4-5,8H,1-3H2. The normalized spacial score (nSPS) is 23.8. The first kappa shape index (κ1) is 5.92. The van der Waals surface area contributed by atoms with E-state index in [-0.39, 0.29) is 5.78 Å². The average Bonchev–Trinajstić information content (AvgIpc) is 2.65. The van der Waals surface area contributed by atoms with Gasteiger partial charge in [-0.15, -0.1) is 0 Å². The minimum atomic E-state index is 0.269. The third-order valence-electron chi connectivity index (χ3n) is 1.81. The maximum Gasteiger partial charge on any atom is 0.166 e. The van der Waals surface area contributed by atoms with Gasteiger partial charge in [0.15, 0.2) is 5.78 Å². The molecule has 0 radical (unpaired) electrons. The van der Waals surface area contributed by atoms with Gasteiger partial charge >= 0.3 is 0 Å². The Hall–Kier alpha value is -0.830. The minimum Gasteiger partial charge on any atom is -0.416 e. The van der Waals surface area contributed by atoms with Crippen LogP contribution in [0.15, 0.2) is 11.8 Å². The van der Waals surface area contributed by atoms with Crippen molar-refractivity contribution in [2.45, 2.75) is 12.8 Å². The highest BCUT2D eigenvalue weighted by atomic mass is 16.6. The summed E-state index contributed by atoms with van der Waals surface area (Å²) >= 11 is 0. The fourth-order valence-electron chi connectivity index (χ4n) is 1.03. The molecule has 10 heavy (non-hydrogen) atoms.